The number of carbonyl (C=O) groups excluding carboxylic acids is 2. The summed E-state index contributed by atoms with van der Waals surface area (Å²) in [5.41, 5.74) is 7.88. The Morgan fingerprint density at radius 2 is 1.83 bits per heavy atom. The van der Waals surface area contributed by atoms with Gasteiger partial charge in [0.25, 0.3) is 0 Å². The maximum Gasteiger partial charge on any atom is 0.247 e. The molecule has 3 N–H and O–H groups in total. The van der Waals surface area contributed by atoms with Crippen molar-refractivity contribution in [3.63, 3.8) is 0 Å². The lowest BCUT2D eigenvalue weighted by Crippen LogP contribution is -2.52. The summed E-state index contributed by atoms with van der Waals surface area (Å²) in [6.45, 7) is 0.587. The summed E-state index contributed by atoms with van der Waals surface area (Å²) in [6.07, 6.45) is 6.97. The Kier molecular flexibility index (Phi) is 7.80. The number of benzene rings is 1. The van der Waals surface area contributed by atoms with Crippen molar-refractivity contribution in [2.75, 3.05) is 11.9 Å². The summed E-state index contributed by atoms with van der Waals surface area (Å²) < 4.78 is 4.00. The Bertz CT molecular complexity index is 856. The van der Waals surface area contributed by atoms with Crippen LogP contribution in [0.25, 0.3) is 11.3 Å². The van der Waals surface area contributed by atoms with Crippen LogP contribution in [0.2, 0.25) is 0 Å². The molecule has 1 aliphatic carbocycles. The van der Waals surface area contributed by atoms with Crippen LogP contribution in [0.4, 0.5) is 5.00 Å². The maximum atomic E-state index is 13.0. The van der Waals surface area contributed by atoms with Gasteiger partial charge in [0.15, 0.2) is 0 Å². The summed E-state index contributed by atoms with van der Waals surface area (Å²) in [4.78, 5) is 27.8. The fraction of sp³-hybridized carbons (Fsp3) is 0.524. The van der Waals surface area contributed by atoms with E-state index in [0.717, 1.165) is 49.2 Å². The standard InChI is InChI=1S/C21H27N5O2S.ClH/c22-17(14-8-3-1-4-9-14)21(28)26-13-7-12-16(26)19(27)23-20-18(24-25-29-20)15-10-5-2-6-11-15;/h2,5-6,10-11,14,16-17H,1,3-4,7-9,12-13,22H2,(H,23,27);1H/t16-,17-;/m0./s1. The highest BCUT2D eigenvalue weighted by atomic mass is 35.5. The highest BCUT2D eigenvalue weighted by Gasteiger charge is 2.38. The van der Waals surface area contributed by atoms with Crippen molar-refractivity contribution in [3.05, 3.63) is 30.3 Å². The van der Waals surface area contributed by atoms with Crippen LogP contribution in [-0.4, -0.2) is 44.9 Å². The first-order valence-corrected chi connectivity index (χ1v) is 11.2. The minimum Gasteiger partial charge on any atom is -0.329 e. The molecule has 162 valence electrons. The maximum absolute atomic E-state index is 13.0. The number of nitrogens with two attached hydrogens (primary N) is 1. The van der Waals surface area contributed by atoms with Crippen molar-refractivity contribution in [3.8, 4) is 11.3 Å². The predicted molar refractivity (Wildman–Crippen MR) is 121 cm³/mol. The Morgan fingerprint density at radius 3 is 2.57 bits per heavy atom. The molecule has 2 heterocycles. The van der Waals surface area contributed by atoms with Gasteiger partial charge < -0.3 is 16.0 Å². The van der Waals surface area contributed by atoms with Gasteiger partial charge in [-0.05, 0) is 31.6 Å². The summed E-state index contributed by atoms with van der Waals surface area (Å²) in [5.74, 6) is -0.0360. The molecule has 2 aromatic rings. The van der Waals surface area contributed by atoms with Gasteiger partial charge in [-0.3, -0.25) is 9.59 Å². The Balaban J connectivity index is 0.00000256. The van der Waals surface area contributed by atoms with Gasteiger partial charge in [-0.1, -0.05) is 54.1 Å². The van der Waals surface area contributed by atoms with Gasteiger partial charge in [-0.15, -0.1) is 17.5 Å². The van der Waals surface area contributed by atoms with Crippen LogP contribution in [0, 0.1) is 5.92 Å². The zero-order valence-electron chi connectivity index (χ0n) is 16.8. The normalized spacial score (nSPS) is 20.4. The monoisotopic (exact) mass is 449 g/mol. The number of nitrogens with one attached hydrogen (secondary N) is 1. The smallest absolute Gasteiger partial charge is 0.247 e. The minimum absolute atomic E-state index is 0. The predicted octanol–water partition coefficient (Wildman–Crippen LogP) is 3.46. The molecule has 2 aliphatic rings. The third kappa shape index (κ3) is 4.82. The molecular formula is C21H28ClN5O2S. The molecule has 1 aromatic heterocycles. The van der Waals surface area contributed by atoms with Crippen molar-refractivity contribution in [2.24, 2.45) is 11.7 Å². The van der Waals surface area contributed by atoms with Gasteiger partial charge in [0.1, 0.15) is 16.7 Å². The topological polar surface area (TPSA) is 101 Å². The highest BCUT2D eigenvalue weighted by molar-refractivity contribution is 7.10. The second-order valence-corrected chi connectivity index (χ2v) is 8.67. The lowest BCUT2D eigenvalue weighted by Gasteiger charge is -2.32. The number of likely N-dealkylation sites (tertiary alicyclic amines) is 1. The molecule has 2 fully saturated rings. The number of aromatic nitrogens is 2. The molecule has 0 bridgehead atoms. The Labute approximate surface area is 187 Å². The first-order valence-electron chi connectivity index (χ1n) is 10.4. The van der Waals surface area contributed by atoms with E-state index in [1.165, 1.54) is 6.42 Å². The lowest BCUT2D eigenvalue weighted by atomic mass is 9.83. The summed E-state index contributed by atoms with van der Waals surface area (Å²) in [7, 11) is 0. The van der Waals surface area contributed by atoms with Gasteiger partial charge >= 0.3 is 0 Å². The average molecular weight is 450 g/mol. The molecule has 1 aliphatic heterocycles. The van der Waals surface area contributed by atoms with Gasteiger partial charge in [-0.2, -0.15) is 0 Å². The second-order valence-electron chi connectivity index (χ2n) is 7.92. The summed E-state index contributed by atoms with van der Waals surface area (Å²) in [5, 5.41) is 7.73. The molecule has 30 heavy (non-hydrogen) atoms. The van der Waals surface area contributed by atoms with E-state index < -0.39 is 12.1 Å². The molecule has 7 nitrogen and oxygen atoms in total. The molecule has 0 radical (unpaired) electrons. The zero-order valence-corrected chi connectivity index (χ0v) is 18.5. The van der Waals surface area contributed by atoms with Crippen LogP contribution in [0.1, 0.15) is 44.9 Å². The molecule has 9 heteroatoms. The first kappa shape index (κ1) is 22.7. The largest absolute Gasteiger partial charge is 0.329 e. The third-order valence-corrected chi connectivity index (χ3v) is 6.69. The van der Waals surface area contributed by atoms with Crippen molar-refractivity contribution < 1.29 is 9.59 Å². The number of nitrogens with zero attached hydrogens (tertiary/aromatic N) is 3. The quantitative estimate of drug-likeness (QED) is 0.727. The average Bonchev–Trinajstić information content (AvgIpc) is 3.43. The molecule has 1 saturated carbocycles. The van der Waals surface area contributed by atoms with Gasteiger partial charge in [0.2, 0.25) is 11.8 Å². The van der Waals surface area contributed by atoms with E-state index >= 15 is 0 Å². The van der Waals surface area contributed by atoms with Crippen LogP contribution < -0.4 is 11.1 Å². The van der Waals surface area contributed by atoms with E-state index in [9.17, 15) is 9.59 Å². The first-order chi connectivity index (χ1) is 14.1. The second kappa shape index (κ2) is 10.3. The van der Waals surface area contributed by atoms with Crippen molar-refractivity contribution in [2.45, 2.75) is 57.0 Å². The number of hydrogen-bond donors (Lipinski definition) is 2. The van der Waals surface area contributed by atoms with Crippen molar-refractivity contribution in [1.29, 1.82) is 0 Å². The molecule has 0 unspecified atom stereocenters. The molecule has 1 saturated heterocycles. The van der Waals surface area contributed by atoms with Crippen LogP contribution in [-0.2, 0) is 9.59 Å². The molecule has 4 rings (SSSR count). The van der Waals surface area contributed by atoms with Gasteiger partial charge in [-0.25, -0.2) is 0 Å². The number of carbonyl (C=O) groups is 2. The summed E-state index contributed by atoms with van der Waals surface area (Å²) in [6, 6.07) is 8.65. The van der Waals surface area contributed by atoms with E-state index in [0.29, 0.717) is 23.7 Å². The molecule has 1 aromatic carbocycles. The fourth-order valence-electron chi connectivity index (χ4n) is 4.44. The van der Waals surface area contributed by atoms with Gasteiger partial charge in [0, 0.05) is 23.6 Å². The van der Waals surface area contributed by atoms with Crippen LogP contribution in [0.15, 0.2) is 30.3 Å². The van der Waals surface area contributed by atoms with E-state index in [1.54, 1.807) is 4.90 Å². The SMILES string of the molecule is Cl.N[C@H](C(=O)N1CCC[C@H]1C(=O)Nc1snnc1-c1ccccc1)C1CCCCC1. The van der Waals surface area contributed by atoms with E-state index in [4.69, 9.17) is 5.73 Å². The fourth-order valence-corrected chi connectivity index (χ4v) is 5.04. The van der Waals surface area contributed by atoms with Gasteiger partial charge in [0.05, 0.1) is 6.04 Å². The zero-order chi connectivity index (χ0) is 20.2. The number of rotatable bonds is 5. The highest BCUT2D eigenvalue weighted by Crippen LogP contribution is 2.31. The molecule has 2 amide bonds. The van der Waals surface area contributed by atoms with Crippen LogP contribution in [0.5, 0.6) is 0 Å². The minimum atomic E-state index is -0.506. The Morgan fingerprint density at radius 1 is 1.10 bits per heavy atom. The number of halogens is 1. The molecule has 2 atom stereocenters. The van der Waals surface area contributed by atoms with E-state index in [1.807, 2.05) is 30.3 Å². The molecule has 0 spiro atoms. The van der Waals surface area contributed by atoms with Crippen LogP contribution in [0.3, 0.4) is 0 Å². The van der Waals surface area contributed by atoms with Crippen molar-refractivity contribution >= 4 is 40.8 Å². The number of anilines is 1. The Hall–Kier alpha value is -2.03. The molecular weight excluding hydrogens is 422 g/mol. The summed E-state index contributed by atoms with van der Waals surface area (Å²) >= 11 is 1.15. The van der Waals surface area contributed by atoms with Crippen molar-refractivity contribution in [1.82, 2.24) is 14.5 Å². The van der Waals surface area contributed by atoms with E-state index in [-0.39, 0.29) is 30.1 Å². The van der Waals surface area contributed by atoms with Crippen LogP contribution >= 0.6 is 23.9 Å². The number of amides is 2. The number of hydrogen-bond acceptors (Lipinski definition) is 6. The lowest BCUT2D eigenvalue weighted by molar-refractivity contribution is -0.139. The van der Waals surface area contributed by atoms with E-state index in [2.05, 4.69) is 14.9 Å². The third-order valence-electron chi connectivity index (χ3n) is 6.05.